The maximum Gasteiger partial charge on any atom is 0.530 e. The first kappa shape index (κ1) is 29.6. The topological polar surface area (TPSA) is 36.9 Å². The van der Waals surface area contributed by atoms with E-state index in [0.29, 0.717) is 5.75 Å². The minimum absolute atomic E-state index is 0.278. The highest BCUT2D eigenvalue weighted by Crippen LogP contribution is 2.49. The molecular formula is C35H41O4P. The normalized spacial score (nSPS) is 13.0. The Bertz CT molecular complexity index is 1360. The number of para-hydroxylation sites is 1. The quantitative estimate of drug-likeness (QED) is 0.172. The summed E-state index contributed by atoms with van der Waals surface area (Å²) in [5.74, 6) is 2.75. The van der Waals surface area contributed by atoms with E-state index in [-0.39, 0.29) is 11.8 Å². The summed E-state index contributed by atoms with van der Waals surface area (Å²) in [6, 6.07) is 30.7. The highest BCUT2D eigenvalue weighted by atomic mass is 31.2. The second-order valence-electron chi connectivity index (χ2n) is 11.0. The van der Waals surface area contributed by atoms with Gasteiger partial charge < -0.3 is 18.3 Å². The fourth-order valence-corrected chi connectivity index (χ4v) is 5.84. The van der Waals surface area contributed by atoms with Gasteiger partial charge in [-0.3, -0.25) is 0 Å². The van der Waals surface area contributed by atoms with Crippen LogP contribution in [0.2, 0.25) is 0 Å². The van der Waals surface area contributed by atoms with Crippen molar-refractivity contribution in [3.63, 3.8) is 0 Å². The second kappa shape index (κ2) is 12.9. The van der Waals surface area contributed by atoms with Gasteiger partial charge in [0.1, 0.15) is 22.8 Å². The lowest BCUT2D eigenvalue weighted by Gasteiger charge is -2.31. The van der Waals surface area contributed by atoms with Crippen molar-refractivity contribution in [1.29, 1.82) is 0 Å². The summed E-state index contributed by atoms with van der Waals surface area (Å²) in [6.07, 6.45) is 0. The summed E-state index contributed by atoms with van der Waals surface area (Å²) >= 11 is 0. The van der Waals surface area contributed by atoms with E-state index in [0.717, 1.165) is 44.9 Å². The van der Waals surface area contributed by atoms with E-state index in [1.807, 2.05) is 42.5 Å². The van der Waals surface area contributed by atoms with Crippen molar-refractivity contribution in [2.24, 2.45) is 0 Å². The third kappa shape index (κ3) is 6.69. The molecule has 0 amide bonds. The molecule has 1 unspecified atom stereocenters. The Hall–Kier alpha value is -3.33. The van der Waals surface area contributed by atoms with Gasteiger partial charge in [0.05, 0.1) is 0 Å². The lowest BCUT2D eigenvalue weighted by atomic mass is 9.87. The van der Waals surface area contributed by atoms with Gasteiger partial charge in [-0.15, -0.1) is 0 Å². The molecule has 0 aliphatic heterocycles. The van der Waals surface area contributed by atoms with Crippen LogP contribution in [-0.2, 0) is 10.3 Å². The Morgan fingerprint density at radius 3 is 1.57 bits per heavy atom. The predicted molar refractivity (Wildman–Crippen MR) is 166 cm³/mol. The van der Waals surface area contributed by atoms with Crippen LogP contribution in [0, 0.1) is 13.8 Å². The summed E-state index contributed by atoms with van der Waals surface area (Å²) < 4.78 is 26.2. The lowest BCUT2D eigenvalue weighted by molar-refractivity contribution is 0.0377. The molecule has 0 N–H and O–H groups in total. The molecule has 0 saturated carbocycles. The van der Waals surface area contributed by atoms with Gasteiger partial charge in [0.15, 0.2) is 0 Å². The SMILES string of the molecule is COC(C)(c1ccccc1)c1ccccc1OP(Oc1cc(C)ccc1C(C)C)Oc1cc(C)ccc1C(C)C. The van der Waals surface area contributed by atoms with Crippen molar-refractivity contribution < 1.29 is 18.3 Å². The maximum atomic E-state index is 6.71. The number of methoxy groups -OCH3 is 1. The number of aryl methyl sites for hydroxylation is 2. The average Bonchev–Trinajstić information content (AvgIpc) is 2.93. The van der Waals surface area contributed by atoms with E-state index in [9.17, 15) is 0 Å². The highest BCUT2D eigenvalue weighted by Gasteiger charge is 2.34. The molecule has 4 aromatic carbocycles. The number of hydrogen-bond acceptors (Lipinski definition) is 4. The van der Waals surface area contributed by atoms with Gasteiger partial charge in [-0.05, 0) is 78.6 Å². The molecule has 0 aliphatic rings. The molecule has 4 nitrogen and oxygen atoms in total. The number of rotatable bonds is 11. The van der Waals surface area contributed by atoms with E-state index in [1.54, 1.807) is 7.11 Å². The zero-order valence-electron chi connectivity index (χ0n) is 24.9. The van der Waals surface area contributed by atoms with Crippen molar-refractivity contribution in [2.75, 3.05) is 7.11 Å². The van der Waals surface area contributed by atoms with Gasteiger partial charge in [-0.2, -0.15) is 0 Å². The molecule has 1 atom stereocenters. The zero-order valence-corrected chi connectivity index (χ0v) is 25.8. The van der Waals surface area contributed by atoms with Gasteiger partial charge in [-0.25, -0.2) is 0 Å². The molecule has 0 spiro atoms. The Morgan fingerprint density at radius 1 is 0.600 bits per heavy atom. The van der Waals surface area contributed by atoms with E-state index in [1.165, 1.54) is 0 Å². The second-order valence-corrected chi connectivity index (χ2v) is 12.0. The molecule has 0 saturated heterocycles. The zero-order chi connectivity index (χ0) is 28.9. The van der Waals surface area contributed by atoms with Crippen LogP contribution in [-0.4, -0.2) is 7.11 Å². The summed E-state index contributed by atoms with van der Waals surface area (Å²) in [5, 5.41) is 0. The number of hydrogen-bond donors (Lipinski definition) is 0. The largest absolute Gasteiger partial charge is 0.530 e. The molecule has 0 bridgehead atoms. The third-order valence-electron chi connectivity index (χ3n) is 7.23. The maximum absolute atomic E-state index is 6.71. The third-order valence-corrected chi connectivity index (χ3v) is 8.27. The molecule has 5 heteroatoms. The molecule has 0 aliphatic carbocycles. The van der Waals surface area contributed by atoms with E-state index in [2.05, 4.69) is 97.0 Å². The molecule has 0 aromatic heterocycles. The van der Waals surface area contributed by atoms with E-state index >= 15 is 0 Å². The minimum Gasteiger partial charge on any atom is -0.408 e. The van der Waals surface area contributed by atoms with Gasteiger partial charge in [0.2, 0.25) is 0 Å². The Morgan fingerprint density at radius 2 is 1.07 bits per heavy atom. The average molecular weight is 557 g/mol. The summed E-state index contributed by atoms with van der Waals surface area (Å²) in [5.41, 5.74) is 5.63. The Labute approximate surface area is 241 Å². The first-order valence-electron chi connectivity index (χ1n) is 13.9. The minimum atomic E-state index is -1.89. The van der Waals surface area contributed by atoms with Crippen molar-refractivity contribution in [3.05, 3.63) is 124 Å². The molecule has 4 rings (SSSR count). The fourth-order valence-electron chi connectivity index (χ4n) is 4.77. The van der Waals surface area contributed by atoms with Crippen LogP contribution < -0.4 is 13.6 Å². The smallest absolute Gasteiger partial charge is 0.408 e. The van der Waals surface area contributed by atoms with Gasteiger partial charge in [0.25, 0.3) is 0 Å². The fraction of sp³-hybridized carbons (Fsp3) is 0.314. The molecule has 0 fully saturated rings. The van der Waals surface area contributed by atoms with Crippen molar-refractivity contribution in [3.8, 4) is 17.2 Å². The van der Waals surface area contributed by atoms with Crippen molar-refractivity contribution in [1.82, 2.24) is 0 Å². The summed E-state index contributed by atoms with van der Waals surface area (Å²) in [7, 11) is -0.164. The van der Waals surface area contributed by atoms with Crippen LogP contribution in [0.4, 0.5) is 0 Å². The first-order chi connectivity index (χ1) is 19.1. The highest BCUT2D eigenvalue weighted by molar-refractivity contribution is 7.43. The van der Waals surface area contributed by atoms with Crippen LogP contribution in [0.5, 0.6) is 17.2 Å². The number of ether oxygens (including phenoxy) is 1. The predicted octanol–water partition coefficient (Wildman–Crippen LogP) is 10.2. The molecule has 4 aromatic rings. The van der Waals surface area contributed by atoms with Crippen LogP contribution in [0.15, 0.2) is 91.0 Å². The standard InChI is InChI=1S/C35H41O4P/c1-24(2)29-20-18-26(5)22-33(29)38-40(39-34-23-27(6)19-21-30(34)25(3)4)37-32-17-13-12-16-31(32)35(7,36-8)28-14-10-9-11-15-28/h9-25H,1-8H3. The Balaban J connectivity index is 1.80. The number of benzene rings is 4. The molecule has 40 heavy (non-hydrogen) atoms. The van der Waals surface area contributed by atoms with Crippen LogP contribution in [0.1, 0.15) is 79.8 Å². The molecular weight excluding hydrogens is 515 g/mol. The monoisotopic (exact) mass is 556 g/mol. The van der Waals surface area contributed by atoms with Gasteiger partial charge in [0, 0.05) is 12.7 Å². The lowest BCUT2D eigenvalue weighted by Crippen LogP contribution is -2.26. The van der Waals surface area contributed by atoms with Crippen LogP contribution >= 0.6 is 8.60 Å². The molecule has 210 valence electrons. The van der Waals surface area contributed by atoms with Crippen LogP contribution in [0.3, 0.4) is 0 Å². The summed E-state index contributed by atoms with van der Waals surface area (Å²) in [4.78, 5) is 0. The van der Waals surface area contributed by atoms with E-state index < -0.39 is 14.2 Å². The first-order valence-corrected chi connectivity index (χ1v) is 15.0. The van der Waals surface area contributed by atoms with Crippen molar-refractivity contribution in [2.45, 2.75) is 65.9 Å². The van der Waals surface area contributed by atoms with Gasteiger partial charge in [-0.1, -0.05) is 100 Å². The van der Waals surface area contributed by atoms with Crippen LogP contribution in [0.25, 0.3) is 0 Å². The Kier molecular flexibility index (Phi) is 9.56. The molecule has 0 heterocycles. The molecule has 0 radical (unpaired) electrons. The summed E-state index contributed by atoms with van der Waals surface area (Å²) in [6.45, 7) is 14.9. The van der Waals surface area contributed by atoms with Crippen molar-refractivity contribution >= 4 is 8.60 Å². The van der Waals surface area contributed by atoms with Gasteiger partial charge >= 0.3 is 8.60 Å². The van der Waals surface area contributed by atoms with E-state index in [4.69, 9.17) is 18.3 Å².